The Balaban J connectivity index is 0.000000980. The van der Waals surface area contributed by atoms with Crippen molar-refractivity contribution >= 4 is 12.4 Å². The Hall–Kier alpha value is -0.930. The molecule has 0 saturated heterocycles. The summed E-state index contributed by atoms with van der Waals surface area (Å²) >= 11 is 0. The highest BCUT2D eigenvalue weighted by atomic mass is 35.5. The molecule has 3 nitrogen and oxygen atoms in total. The molecule has 0 bridgehead atoms. The zero-order valence-corrected chi connectivity index (χ0v) is 9.11. The van der Waals surface area contributed by atoms with Crippen LogP contribution >= 0.6 is 12.4 Å². The van der Waals surface area contributed by atoms with Crippen LogP contribution in [0.3, 0.4) is 0 Å². The van der Waals surface area contributed by atoms with Crippen molar-refractivity contribution in [3.63, 3.8) is 0 Å². The van der Waals surface area contributed by atoms with Gasteiger partial charge in [0.05, 0.1) is 14.2 Å². The Morgan fingerprint density at radius 3 is 1.79 bits per heavy atom. The van der Waals surface area contributed by atoms with E-state index in [-0.39, 0.29) is 12.4 Å². The molecule has 1 aliphatic heterocycles. The van der Waals surface area contributed by atoms with Gasteiger partial charge in [0.25, 0.3) is 0 Å². The standard InChI is InChI=1S/C10H13NO2.ClH/c1-12-9-3-7-5-11-6-8(7)4-10(9)13-2;/h3-4,11H,5-6H2,1-2H3;1H. The Morgan fingerprint density at radius 2 is 1.43 bits per heavy atom. The predicted octanol–water partition coefficient (Wildman–Crippen LogP) is 1.73. The molecule has 0 fully saturated rings. The van der Waals surface area contributed by atoms with Crippen LogP contribution in [-0.2, 0) is 13.1 Å². The van der Waals surface area contributed by atoms with E-state index in [4.69, 9.17) is 9.47 Å². The number of fused-ring (bicyclic) bond motifs is 1. The highest BCUT2D eigenvalue weighted by molar-refractivity contribution is 5.85. The summed E-state index contributed by atoms with van der Waals surface area (Å²) in [5.41, 5.74) is 2.61. The van der Waals surface area contributed by atoms with Gasteiger partial charge in [-0.2, -0.15) is 0 Å². The minimum Gasteiger partial charge on any atom is -0.493 e. The second-order valence-corrected chi connectivity index (χ2v) is 3.08. The fourth-order valence-electron chi connectivity index (χ4n) is 1.62. The first-order valence-electron chi connectivity index (χ1n) is 4.29. The lowest BCUT2D eigenvalue weighted by Gasteiger charge is -2.09. The summed E-state index contributed by atoms with van der Waals surface area (Å²) in [5.74, 6) is 1.62. The third-order valence-electron chi connectivity index (χ3n) is 2.34. The first-order chi connectivity index (χ1) is 6.35. The van der Waals surface area contributed by atoms with Crippen LogP contribution in [0.2, 0.25) is 0 Å². The summed E-state index contributed by atoms with van der Waals surface area (Å²) in [5, 5.41) is 3.28. The Morgan fingerprint density at radius 1 is 1.00 bits per heavy atom. The van der Waals surface area contributed by atoms with Crippen LogP contribution in [0.4, 0.5) is 0 Å². The van der Waals surface area contributed by atoms with Crippen LogP contribution in [0, 0.1) is 0 Å². The number of nitrogens with one attached hydrogen (secondary N) is 1. The fourth-order valence-corrected chi connectivity index (χ4v) is 1.62. The minimum atomic E-state index is 0. The van der Waals surface area contributed by atoms with Crippen molar-refractivity contribution in [3.05, 3.63) is 23.3 Å². The van der Waals surface area contributed by atoms with Gasteiger partial charge >= 0.3 is 0 Å². The lowest BCUT2D eigenvalue weighted by molar-refractivity contribution is 0.354. The highest BCUT2D eigenvalue weighted by Gasteiger charge is 2.14. The smallest absolute Gasteiger partial charge is 0.161 e. The van der Waals surface area contributed by atoms with Crippen molar-refractivity contribution in [2.24, 2.45) is 0 Å². The number of ether oxygens (including phenoxy) is 2. The molecule has 0 saturated carbocycles. The van der Waals surface area contributed by atoms with E-state index < -0.39 is 0 Å². The van der Waals surface area contributed by atoms with E-state index in [0.717, 1.165) is 24.6 Å². The molecular weight excluding hydrogens is 202 g/mol. The molecule has 4 heteroatoms. The lowest BCUT2D eigenvalue weighted by atomic mass is 10.1. The molecule has 0 amide bonds. The average Bonchev–Trinajstić information content (AvgIpc) is 2.62. The molecule has 1 N–H and O–H groups in total. The third-order valence-corrected chi connectivity index (χ3v) is 2.34. The van der Waals surface area contributed by atoms with Crippen LogP contribution in [-0.4, -0.2) is 14.2 Å². The van der Waals surface area contributed by atoms with Gasteiger partial charge in [-0.15, -0.1) is 12.4 Å². The molecule has 0 aliphatic carbocycles. The van der Waals surface area contributed by atoms with Gasteiger partial charge in [-0.3, -0.25) is 0 Å². The van der Waals surface area contributed by atoms with Crippen molar-refractivity contribution in [1.29, 1.82) is 0 Å². The molecule has 1 aliphatic rings. The molecule has 2 rings (SSSR count). The summed E-state index contributed by atoms with van der Waals surface area (Å²) in [4.78, 5) is 0. The summed E-state index contributed by atoms with van der Waals surface area (Å²) < 4.78 is 10.4. The Bertz CT molecular complexity index is 297. The number of halogens is 1. The number of hydrogen-bond donors (Lipinski definition) is 1. The van der Waals surface area contributed by atoms with E-state index in [0.29, 0.717) is 0 Å². The lowest BCUT2D eigenvalue weighted by Crippen LogP contribution is -1.99. The van der Waals surface area contributed by atoms with Gasteiger partial charge in [0.15, 0.2) is 11.5 Å². The summed E-state index contributed by atoms with van der Waals surface area (Å²) in [6.45, 7) is 1.85. The zero-order chi connectivity index (χ0) is 9.26. The van der Waals surface area contributed by atoms with Gasteiger partial charge in [-0.05, 0) is 23.3 Å². The fraction of sp³-hybridized carbons (Fsp3) is 0.400. The molecule has 78 valence electrons. The second kappa shape index (κ2) is 4.53. The van der Waals surface area contributed by atoms with Crippen LogP contribution in [0.15, 0.2) is 12.1 Å². The topological polar surface area (TPSA) is 30.5 Å². The number of rotatable bonds is 2. The average molecular weight is 216 g/mol. The monoisotopic (exact) mass is 215 g/mol. The maximum Gasteiger partial charge on any atom is 0.161 e. The van der Waals surface area contributed by atoms with Gasteiger partial charge in [-0.25, -0.2) is 0 Å². The molecule has 0 aromatic heterocycles. The largest absolute Gasteiger partial charge is 0.493 e. The summed E-state index contributed by atoms with van der Waals surface area (Å²) in [6.07, 6.45) is 0. The number of hydrogen-bond acceptors (Lipinski definition) is 3. The van der Waals surface area contributed by atoms with Crippen LogP contribution < -0.4 is 14.8 Å². The molecule has 14 heavy (non-hydrogen) atoms. The maximum absolute atomic E-state index is 5.21. The Labute approximate surface area is 89.8 Å². The quantitative estimate of drug-likeness (QED) is 0.815. The van der Waals surface area contributed by atoms with Gasteiger partial charge in [-0.1, -0.05) is 0 Å². The highest BCUT2D eigenvalue weighted by Crippen LogP contribution is 2.32. The van der Waals surface area contributed by atoms with Gasteiger partial charge < -0.3 is 14.8 Å². The van der Waals surface area contributed by atoms with Crippen LogP contribution in [0.25, 0.3) is 0 Å². The molecule has 1 aromatic rings. The predicted molar refractivity (Wildman–Crippen MR) is 57.3 cm³/mol. The molecule has 0 unspecified atom stereocenters. The van der Waals surface area contributed by atoms with E-state index in [9.17, 15) is 0 Å². The molecular formula is C10H14ClNO2. The van der Waals surface area contributed by atoms with E-state index in [1.807, 2.05) is 12.1 Å². The van der Waals surface area contributed by atoms with E-state index in [2.05, 4.69) is 5.32 Å². The second-order valence-electron chi connectivity index (χ2n) is 3.08. The third kappa shape index (κ3) is 1.79. The first-order valence-corrected chi connectivity index (χ1v) is 4.29. The van der Waals surface area contributed by atoms with Crippen molar-refractivity contribution in [2.45, 2.75) is 13.1 Å². The van der Waals surface area contributed by atoms with Gasteiger partial charge in [0.1, 0.15) is 0 Å². The van der Waals surface area contributed by atoms with Crippen LogP contribution in [0.1, 0.15) is 11.1 Å². The van der Waals surface area contributed by atoms with Crippen molar-refractivity contribution in [3.8, 4) is 11.5 Å². The summed E-state index contributed by atoms with van der Waals surface area (Å²) in [6, 6.07) is 4.07. The van der Waals surface area contributed by atoms with Crippen LogP contribution in [0.5, 0.6) is 11.5 Å². The molecule has 0 radical (unpaired) electrons. The van der Waals surface area contributed by atoms with E-state index in [1.165, 1.54) is 11.1 Å². The Kier molecular flexibility index (Phi) is 3.61. The molecule has 0 atom stereocenters. The molecule has 1 aromatic carbocycles. The summed E-state index contributed by atoms with van der Waals surface area (Å²) in [7, 11) is 3.32. The zero-order valence-electron chi connectivity index (χ0n) is 8.29. The van der Waals surface area contributed by atoms with Gasteiger partial charge in [0.2, 0.25) is 0 Å². The SMILES string of the molecule is COc1cc2c(cc1OC)CNC2.Cl. The minimum absolute atomic E-state index is 0. The van der Waals surface area contributed by atoms with Crippen molar-refractivity contribution < 1.29 is 9.47 Å². The van der Waals surface area contributed by atoms with E-state index in [1.54, 1.807) is 14.2 Å². The maximum atomic E-state index is 5.21. The van der Waals surface area contributed by atoms with Gasteiger partial charge in [0, 0.05) is 13.1 Å². The van der Waals surface area contributed by atoms with E-state index >= 15 is 0 Å². The van der Waals surface area contributed by atoms with Crippen molar-refractivity contribution in [1.82, 2.24) is 5.32 Å². The van der Waals surface area contributed by atoms with Crippen molar-refractivity contribution in [2.75, 3.05) is 14.2 Å². The number of methoxy groups -OCH3 is 2. The number of benzene rings is 1. The molecule has 0 spiro atoms. The normalized spacial score (nSPS) is 13.0. The first kappa shape index (κ1) is 11.1. The molecule has 1 heterocycles.